The Morgan fingerprint density at radius 1 is 0.926 bits per heavy atom. The van der Waals surface area contributed by atoms with Gasteiger partial charge in [-0.3, -0.25) is 14.4 Å². The van der Waals surface area contributed by atoms with Crippen LogP contribution in [0.1, 0.15) is 28.8 Å². The van der Waals surface area contributed by atoms with Gasteiger partial charge in [0.05, 0.1) is 13.0 Å². The number of hydrogen-bond donors (Lipinski definition) is 1. The molecule has 0 saturated carbocycles. The molecule has 2 aromatic rings. The van der Waals surface area contributed by atoms with E-state index in [-0.39, 0.29) is 24.7 Å². The van der Waals surface area contributed by atoms with E-state index in [0.29, 0.717) is 24.3 Å². The van der Waals surface area contributed by atoms with Crippen LogP contribution in [-0.2, 0) is 20.7 Å². The SMILES string of the molecule is CN(C)C(=O)c1ccc(NC(=O)CCC(=O)OCCc2ccccc2)cc1. The molecule has 6 heteroatoms. The number of amides is 2. The smallest absolute Gasteiger partial charge is 0.306 e. The molecule has 142 valence electrons. The second-order valence-corrected chi connectivity index (χ2v) is 6.28. The molecule has 0 aromatic heterocycles. The monoisotopic (exact) mass is 368 g/mol. The first-order valence-electron chi connectivity index (χ1n) is 8.77. The molecule has 2 aromatic carbocycles. The van der Waals surface area contributed by atoms with Crippen molar-refractivity contribution in [2.75, 3.05) is 26.0 Å². The molecular weight excluding hydrogens is 344 g/mol. The average molecular weight is 368 g/mol. The van der Waals surface area contributed by atoms with Crippen molar-refractivity contribution in [1.82, 2.24) is 4.90 Å². The quantitative estimate of drug-likeness (QED) is 0.727. The van der Waals surface area contributed by atoms with Crippen LogP contribution >= 0.6 is 0 Å². The Balaban J connectivity index is 1.69. The highest BCUT2D eigenvalue weighted by molar-refractivity contribution is 5.96. The molecule has 2 rings (SSSR count). The maximum atomic E-state index is 11.9. The molecule has 0 aliphatic rings. The predicted octanol–water partition coefficient (Wildman–Crippen LogP) is 2.89. The largest absolute Gasteiger partial charge is 0.465 e. The third-order valence-electron chi connectivity index (χ3n) is 3.87. The summed E-state index contributed by atoms with van der Waals surface area (Å²) in [5.74, 6) is -0.777. The van der Waals surface area contributed by atoms with Gasteiger partial charge in [0.2, 0.25) is 5.91 Å². The van der Waals surface area contributed by atoms with Crippen LogP contribution in [0.25, 0.3) is 0 Å². The minimum absolute atomic E-state index is 0.0256. The van der Waals surface area contributed by atoms with E-state index in [1.54, 1.807) is 38.4 Å². The van der Waals surface area contributed by atoms with Gasteiger partial charge in [-0.15, -0.1) is 0 Å². The Labute approximate surface area is 159 Å². The number of carbonyl (C=O) groups is 3. The zero-order chi connectivity index (χ0) is 19.6. The van der Waals surface area contributed by atoms with Crippen LogP contribution in [0.5, 0.6) is 0 Å². The Hall–Kier alpha value is -3.15. The van der Waals surface area contributed by atoms with Crippen LogP contribution < -0.4 is 5.32 Å². The lowest BCUT2D eigenvalue weighted by atomic mass is 10.2. The zero-order valence-electron chi connectivity index (χ0n) is 15.6. The van der Waals surface area contributed by atoms with Crippen LogP contribution in [-0.4, -0.2) is 43.4 Å². The molecule has 0 bridgehead atoms. The number of ether oxygens (including phenoxy) is 1. The van der Waals surface area contributed by atoms with Crippen LogP contribution in [0.2, 0.25) is 0 Å². The number of benzene rings is 2. The van der Waals surface area contributed by atoms with Crippen LogP contribution in [0.15, 0.2) is 54.6 Å². The number of anilines is 1. The number of nitrogens with zero attached hydrogens (tertiary/aromatic N) is 1. The van der Waals surface area contributed by atoms with Gasteiger partial charge in [0.15, 0.2) is 0 Å². The van der Waals surface area contributed by atoms with E-state index in [0.717, 1.165) is 5.56 Å². The molecule has 2 amide bonds. The standard InChI is InChI=1S/C21H24N2O4/c1-23(2)21(26)17-8-10-18(11-9-17)22-19(24)12-13-20(25)27-15-14-16-6-4-3-5-7-16/h3-11H,12-15H2,1-2H3,(H,22,24). The van der Waals surface area contributed by atoms with Gasteiger partial charge < -0.3 is 15.0 Å². The van der Waals surface area contributed by atoms with Crippen molar-refractivity contribution in [3.8, 4) is 0 Å². The Bertz CT molecular complexity index is 771. The van der Waals surface area contributed by atoms with Gasteiger partial charge in [0.25, 0.3) is 5.91 Å². The summed E-state index contributed by atoms with van der Waals surface area (Å²) >= 11 is 0. The van der Waals surface area contributed by atoms with E-state index in [4.69, 9.17) is 4.74 Å². The normalized spacial score (nSPS) is 10.1. The van der Waals surface area contributed by atoms with Gasteiger partial charge >= 0.3 is 5.97 Å². The van der Waals surface area contributed by atoms with Crippen LogP contribution in [0.4, 0.5) is 5.69 Å². The van der Waals surface area contributed by atoms with Gasteiger partial charge in [0, 0.05) is 38.2 Å². The first-order chi connectivity index (χ1) is 13.0. The predicted molar refractivity (Wildman–Crippen MR) is 103 cm³/mol. The fourth-order valence-electron chi connectivity index (χ4n) is 2.39. The molecule has 1 N–H and O–H groups in total. The average Bonchev–Trinajstić information content (AvgIpc) is 2.67. The molecule has 0 heterocycles. The molecule has 0 unspecified atom stereocenters. The number of rotatable bonds is 8. The van der Waals surface area contributed by atoms with E-state index in [1.165, 1.54) is 4.90 Å². The molecule has 0 atom stereocenters. The van der Waals surface area contributed by atoms with Crippen molar-refractivity contribution in [2.24, 2.45) is 0 Å². The summed E-state index contributed by atoms with van der Waals surface area (Å²) < 4.78 is 5.15. The lowest BCUT2D eigenvalue weighted by Crippen LogP contribution is -2.21. The lowest BCUT2D eigenvalue weighted by molar-refractivity contribution is -0.144. The zero-order valence-corrected chi connectivity index (χ0v) is 15.6. The number of hydrogen-bond acceptors (Lipinski definition) is 4. The number of nitrogens with one attached hydrogen (secondary N) is 1. The van der Waals surface area contributed by atoms with Gasteiger partial charge in [0.1, 0.15) is 0 Å². The molecule has 0 spiro atoms. The summed E-state index contributed by atoms with van der Waals surface area (Å²) in [6, 6.07) is 16.4. The lowest BCUT2D eigenvalue weighted by Gasteiger charge is -2.11. The van der Waals surface area contributed by atoms with Crippen molar-refractivity contribution in [1.29, 1.82) is 0 Å². The summed E-state index contributed by atoms with van der Waals surface area (Å²) in [6.45, 7) is 0.297. The molecule has 0 aliphatic heterocycles. The molecule has 0 fully saturated rings. The van der Waals surface area contributed by atoms with E-state index in [1.807, 2.05) is 30.3 Å². The third-order valence-corrected chi connectivity index (χ3v) is 3.87. The molecule has 0 radical (unpaired) electrons. The van der Waals surface area contributed by atoms with Crippen molar-refractivity contribution >= 4 is 23.5 Å². The highest BCUT2D eigenvalue weighted by atomic mass is 16.5. The maximum absolute atomic E-state index is 11.9. The minimum Gasteiger partial charge on any atom is -0.465 e. The molecular formula is C21H24N2O4. The van der Waals surface area contributed by atoms with Crippen LogP contribution in [0, 0.1) is 0 Å². The summed E-state index contributed by atoms with van der Waals surface area (Å²) in [5.41, 5.74) is 2.21. The van der Waals surface area contributed by atoms with Gasteiger partial charge in [-0.05, 0) is 29.8 Å². The van der Waals surface area contributed by atoms with Gasteiger partial charge in [-0.25, -0.2) is 0 Å². The first kappa shape index (κ1) is 20.2. The van der Waals surface area contributed by atoms with Crippen LogP contribution in [0.3, 0.4) is 0 Å². The molecule has 0 aliphatic carbocycles. The molecule has 6 nitrogen and oxygen atoms in total. The van der Waals surface area contributed by atoms with Crippen molar-refractivity contribution in [3.05, 3.63) is 65.7 Å². The van der Waals surface area contributed by atoms with Crippen molar-refractivity contribution in [3.63, 3.8) is 0 Å². The summed E-state index contributed by atoms with van der Waals surface area (Å²) in [5, 5.41) is 2.70. The highest BCUT2D eigenvalue weighted by Crippen LogP contribution is 2.11. The number of carbonyl (C=O) groups excluding carboxylic acids is 3. The van der Waals surface area contributed by atoms with Crippen molar-refractivity contribution < 1.29 is 19.1 Å². The fourth-order valence-corrected chi connectivity index (χ4v) is 2.39. The topological polar surface area (TPSA) is 75.7 Å². The first-order valence-corrected chi connectivity index (χ1v) is 8.77. The third kappa shape index (κ3) is 6.93. The highest BCUT2D eigenvalue weighted by Gasteiger charge is 2.10. The van der Waals surface area contributed by atoms with Gasteiger partial charge in [-0.2, -0.15) is 0 Å². The minimum atomic E-state index is -0.395. The Morgan fingerprint density at radius 3 is 2.22 bits per heavy atom. The molecule has 0 saturated heterocycles. The molecule has 27 heavy (non-hydrogen) atoms. The maximum Gasteiger partial charge on any atom is 0.306 e. The second kappa shape index (κ2) is 10.1. The summed E-state index contributed by atoms with van der Waals surface area (Å²) in [4.78, 5) is 37.0. The Kier molecular flexibility index (Phi) is 7.55. The van der Waals surface area contributed by atoms with E-state index in [2.05, 4.69) is 5.32 Å². The second-order valence-electron chi connectivity index (χ2n) is 6.28. The summed E-state index contributed by atoms with van der Waals surface area (Å²) in [7, 11) is 3.36. The Morgan fingerprint density at radius 2 is 1.59 bits per heavy atom. The van der Waals surface area contributed by atoms with E-state index in [9.17, 15) is 14.4 Å². The van der Waals surface area contributed by atoms with E-state index >= 15 is 0 Å². The van der Waals surface area contributed by atoms with E-state index < -0.39 is 5.97 Å². The summed E-state index contributed by atoms with van der Waals surface area (Å²) in [6.07, 6.45) is 0.719. The van der Waals surface area contributed by atoms with Crippen molar-refractivity contribution in [2.45, 2.75) is 19.3 Å². The fraction of sp³-hybridized carbons (Fsp3) is 0.286. The van der Waals surface area contributed by atoms with Gasteiger partial charge in [-0.1, -0.05) is 30.3 Å². The number of esters is 1.